The molecule has 1 saturated heterocycles. The number of nitrogens with zero attached hydrogens (tertiary/aromatic N) is 2. The Hall–Kier alpha value is -0.220. The van der Waals surface area contributed by atoms with Crippen molar-refractivity contribution in [2.45, 2.75) is 26.0 Å². The molecule has 1 aliphatic rings. The van der Waals surface area contributed by atoms with Crippen molar-refractivity contribution in [3.05, 3.63) is 22.3 Å². The highest BCUT2D eigenvalue weighted by atomic mass is 79.9. The Balaban J connectivity index is 2.13. The van der Waals surface area contributed by atoms with Crippen molar-refractivity contribution in [1.82, 2.24) is 4.98 Å². The van der Waals surface area contributed by atoms with Gasteiger partial charge in [0.1, 0.15) is 5.82 Å². The van der Waals surface area contributed by atoms with E-state index in [0.29, 0.717) is 0 Å². The molecule has 1 aromatic rings. The average Bonchev–Trinajstić information content (AvgIpc) is 2.33. The van der Waals surface area contributed by atoms with E-state index >= 15 is 0 Å². The molecule has 1 unspecified atom stereocenters. The van der Waals surface area contributed by atoms with Crippen LogP contribution in [0.4, 0.5) is 5.82 Å². The molecule has 1 aromatic heterocycles. The molecule has 0 aromatic carbocycles. The molecule has 0 radical (unpaired) electrons. The van der Waals surface area contributed by atoms with E-state index in [1.807, 2.05) is 6.20 Å². The number of aromatic nitrogens is 1. The van der Waals surface area contributed by atoms with Gasteiger partial charge in [-0.2, -0.15) is 11.8 Å². The Morgan fingerprint density at radius 3 is 2.94 bits per heavy atom. The van der Waals surface area contributed by atoms with Crippen LogP contribution in [-0.2, 0) is 0 Å². The van der Waals surface area contributed by atoms with Gasteiger partial charge in [0.2, 0.25) is 0 Å². The first kappa shape index (κ1) is 13.2. The van der Waals surface area contributed by atoms with Crippen molar-refractivity contribution in [3.8, 4) is 0 Å². The summed E-state index contributed by atoms with van der Waals surface area (Å²) in [6.07, 6.45) is 1.91. The molecule has 94 valence electrons. The quantitative estimate of drug-likeness (QED) is 0.827. The Morgan fingerprint density at radius 2 is 2.29 bits per heavy atom. The fraction of sp³-hybridized carbons (Fsp3) is 0.615. The lowest BCUT2D eigenvalue weighted by molar-refractivity contribution is 0.580. The molecule has 0 N–H and O–H groups in total. The molecule has 2 rings (SSSR count). The topological polar surface area (TPSA) is 16.1 Å². The number of aryl methyl sites for hydroxylation is 1. The number of pyridine rings is 1. The van der Waals surface area contributed by atoms with Crippen molar-refractivity contribution in [2.24, 2.45) is 5.92 Å². The van der Waals surface area contributed by atoms with Gasteiger partial charge >= 0.3 is 0 Å². The number of hydrogen-bond acceptors (Lipinski definition) is 3. The summed E-state index contributed by atoms with van der Waals surface area (Å²) < 4.78 is 1.09. The number of halogens is 1. The molecule has 1 fully saturated rings. The minimum absolute atomic E-state index is 0.731. The smallest absolute Gasteiger partial charge is 0.128 e. The lowest BCUT2D eigenvalue weighted by Crippen LogP contribution is -2.40. The summed E-state index contributed by atoms with van der Waals surface area (Å²) in [5.41, 5.74) is 1.26. The van der Waals surface area contributed by atoms with E-state index in [-0.39, 0.29) is 0 Å². The van der Waals surface area contributed by atoms with Crippen molar-refractivity contribution in [2.75, 3.05) is 23.7 Å². The minimum atomic E-state index is 0.731. The summed E-state index contributed by atoms with van der Waals surface area (Å²) in [6.45, 7) is 8.97. The molecule has 0 spiro atoms. The van der Waals surface area contributed by atoms with Gasteiger partial charge in [0.15, 0.2) is 0 Å². The van der Waals surface area contributed by atoms with Gasteiger partial charge in [0, 0.05) is 34.8 Å². The van der Waals surface area contributed by atoms with Crippen LogP contribution in [0.3, 0.4) is 0 Å². The zero-order valence-corrected chi connectivity index (χ0v) is 13.0. The molecule has 0 bridgehead atoms. The molecule has 1 aliphatic heterocycles. The number of anilines is 1. The molecule has 0 saturated carbocycles. The Kier molecular flexibility index (Phi) is 4.36. The summed E-state index contributed by atoms with van der Waals surface area (Å²) in [7, 11) is 0. The number of hydrogen-bond donors (Lipinski definition) is 0. The fourth-order valence-electron chi connectivity index (χ4n) is 1.98. The van der Waals surface area contributed by atoms with Gasteiger partial charge in [-0.05, 0) is 40.4 Å². The highest BCUT2D eigenvalue weighted by Crippen LogP contribution is 2.28. The predicted octanol–water partition coefficient (Wildman–Crippen LogP) is 3.73. The molecule has 0 aliphatic carbocycles. The van der Waals surface area contributed by atoms with E-state index in [0.717, 1.165) is 34.5 Å². The first-order valence-corrected chi connectivity index (χ1v) is 7.91. The second-order valence-electron chi connectivity index (χ2n) is 4.89. The van der Waals surface area contributed by atoms with Gasteiger partial charge in [0.05, 0.1) is 0 Å². The van der Waals surface area contributed by atoms with Crippen LogP contribution >= 0.6 is 27.7 Å². The number of thioether (sulfide) groups is 1. The van der Waals surface area contributed by atoms with Crippen LogP contribution in [-0.4, -0.2) is 29.1 Å². The van der Waals surface area contributed by atoms with Gasteiger partial charge < -0.3 is 4.90 Å². The van der Waals surface area contributed by atoms with Crippen LogP contribution in [0, 0.1) is 12.8 Å². The molecule has 2 nitrogen and oxygen atoms in total. The van der Waals surface area contributed by atoms with E-state index in [2.05, 4.69) is 64.4 Å². The van der Waals surface area contributed by atoms with E-state index in [1.54, 1.807) is 0 Å². The third-order valence-corrected chi connectivity index (χ3v) is 5.56. The largest absolute Gasteiger partial charge is 0.355 e. The second kappa shape index (κ2) is 5.61. The first-order chi connectivity index (χ1) is 8.08. The van der Waals surface area contributed by atoms with Crippen LogP contribution < -0.4 is 4.90 Å². The van der Waals surface area contributed by atoms with Gasteiger partial charge in [-0.1, -0.05) is 13.8 Å². The maximum Gasteiger partial charge on any atom is 0.128 e. The maximum absolute atomic E-state index is 4.53. The fourth-order valence-corrected chi connectivity index (χ4v) is 3.50. The van der Waals surface area contributed by atoms with Gasteiger partial charge in [0.25, 0.3) is 0 Å². The Labute approximate surface area is 116 Å². The van der Waals surface area contributed by atoms with Crippen molar-refractivity contribution in [1.29, 1.82) is 0 Å². The highest BCUT2D eigenvalue weighted by molar-refractivity contribution is 9.10. The van der Waals surface area contributed by atoms with Crippen molar-refractivity contribution >= 4 is 33.5 Å². The van der Waals surface area contributed by atoms with E-state index < -0.39 is 0 Å². The van der Waals surface area contributed by atoms with Crippen LogP contribution in [0.15, 0.2) is 16.7 Å². The summed E-state index contributed by atoms with van der Waals surface area (Å²) in [5, 5.41) is 0.731. The van der Waals surface area contributed by atoms with Crippen LogP contribution in [0.5, 0.6) is 0 Å². The van der Waals surface area contributed by atoms with Crippen LogP contribution in [0.25, 0.3) is 0 Å². The van der Waals surface area contributed by atoms with Crippen molar-refractivity contribution < 1.29 is 0 Å². The SMILES string of the molecule is Cc1cc(N2CCSC(C(C)C)C2)ncc1Br. The van der Waals surface area contributed by atoms with Crippen LogP contribution in [0.2, 0.25) is 0 Å². The molecule has 4 heteroatoms. The molecular formula is C13H19BrN2S. The lowest BCUT2D eigenvalue weighted by Gasteiger charge is -2.35. The summed E-state index contributed by atoms with van der Waals surface area (Å²) in [4.78, 5) is 6.94. The molecule has 17 heavy (non-hydrogen) atoms. The van der Waals surface area contributed by atoms with Crippen molar-refractivity contribution in [3.63, 3.8) is 0 Å². The van der Waals surface area contributed by atoms with Crippen LogP contribution in [0.1, 0.15) is 19.4 Å². The Bertz CT molecular complexity index is 395. The number of rotatable bonds is 2. The summed E-state index contributed by atoms with van der Waals surface area (Å²) in [5.74, 6) is 3.07. The molecule has 1 atom stereocenters. The summed E-state index contributed by atoms with van der Waals surface area (Å²) >= 11 is 5.60. The monoisotopic (exact) mass is 314 g/mol. The zero-order valence-electron chi connectivity index (χ0n) is 10.6. The van der Waals surface area contributed by atoms with Gasteiger partial charge in [-0.15, -0.1) is 0 Å². The highest BCUT2D eigenvalue weighted by Gasteiger charge is 2.23. The zero-order chi connectivity index (χ0) is 12.4. The molecular weight excluding hydrogens is 296 g/mol. The van der Waals surface area contributed by atoms with Gasteiger partial charge in [-0.25, -0.2) is 4.98 Å². The molecule has 0 amide bonds. The Morgan fingerprint density at radius 1 is 1.53 bits per heavy atom. The maximum atomic E-state index is 4.53. The third kappa shape index (κ3) is 3.16. The van der Waals surface area contributed by atoms with Gasteiger partial charge in [-0.3, -0.25) is 0 Å². The first-order valence-electron chi connectivity index (χ1n) is 6.06. The minimum Gasteiger partial charge on any atom is -0.355 e. The third-order valence-electron chi connectivity index (χ3n) is 3.19. The lowest BCUT2D eigenvalue weighted by atomic mass is 10.1. The normalized spacial score (nSPS) is 21.0. The van der Waals surface area contributed by atoms with E-state index in [1.165, 1.54) is 11.3 Å². The standard InChI is InChI=1S/C13H19BrN2S/c1-9(2)12-8-16(4-5-17-12)13-6-10(3)11(14)7-15-13/h6-7,9,12H,4-5,8H2,1-3H3. The molecule has 2 heterocycles. The average molecular weight is 315 g/mol. The summed E-state index contributed by atoms with van der Waals surface area (Å²) in [6, 6.07) is 2.18. The van der Waals surface area contributed by atoms with E-state index in [4.69, 9.17) is 0 Å². The van der Waals surface area contributed by atoms with E-state index in [9.17, 15) is 0 Å². The second-order valence-corrected chi connectivity index (χ2v) is 7.09. The predicted molar refractivity (Wildman–Crippen MR) is 80.0 cm³/mol.